The van der Waals surface area contributed by atoms with Gasteiger partial charge in [-0.1, -0.05) is 0 Å². The first-order valence-corrected chi connectivity index (χ1v) is 5.51. The maximum Gasteiger partial charge on any atom is 0.311 e. The number of aromatic nitrogens is 1. The third kappa shape index (κ3) is 3.33. The number of methoxy groups -OCH3 is 1. The molecular formula is C10H7F2IN2O2. The Morgan fingerprint density at radius 1 is 1.71 bits per heavy atom. The van der Waals surface area contributed by atoms with E-state index in [0.29, 0.717) is 3.57 Å². The van der Waals surface area contributed by atoms with Crippen LogP contribution in [0.3, 0.4) is 0 Å². The molecule has 1 heterocycles. The number of alkyl halides is 2. The summed E-state index contributed by atoms with van der Waals surface area (Å²) in [6.45, 7) is 0. The molecular weight excluding hydrogens is 345 g/mol. The van der Waals surface area contributed by atoms with Crippen molar-refractivity contribution < 1.29 is 18.3 Å². The number of halogens is 3. The summed E-state index contributed by atoms with van der Waals surface area (Å²) >= 11 is 1.74. The van der Waals surface area contributed by atoms with E-state index >= 15 is 0 Å². The van der Waals surface area contributed by atoms with Gasteiger partial charge < -0.3 is 4.74 Å². The minimum Gasteiger partial charge on any atom is -0.469 e. The Bertz CT molecular complexity index is 486. The zero-order valence-electron chi connectivity index (χ0n) is 8.71. The highest BCUT2D eigenvalue weighted by atomic mass is 127. The predicted octanol–water partition coefficient (Wildman–Crippen LogP) is 2.21. The molecule has 0 amide bonds. The van der Waals surface area contributed by atoms with Crippen molar-refractivity contribution in [1.82, 2.24) is 4.98 Å². The molecule has 0 saturated carbocycles. The Hall–Kier alpha value is -1.30. The third-order valence-electron chi connectivity index (χ3n) is 1.97. The van der Waals surface area contributed by atoms with Crippen molar-refractivity contribution in [2.75, 3.05) is 7.11 Å². The van der Waals surface area contributed by atoms with E-state index in [2.05, 4.69) is 9.72 Å². The Balaban J connectivity index is 3.25. The van der Waals surface area contributed by atoms with Crippen molar-refractivity contribution in [3.05, 3.63) is 26.6 Å². The number of ether oxygens (including phenoxy) is 1. The predicted molar refractivity (Wildman–Crippen MR) is 62.3 cm³/mol. The minimum absolute atomic E-state index is 0.0221. The molecule has 17 heavy (non-hydrogen) atoms. The normalized spacial score (nSPS) is 10.1. The van der Waals surface area contributed by atoms with Crippen LogP contribution in [0, 0.1) is 14.9 Å². The fourth-order valence-electron chi connectivity index (χ4n) is 1.16. The second kappa shape index (κ2) is 5.86. The van der Waals surface area contributed by atoms with Crippen LogP contribution < -0.4 is 0 Å². The summed E-state index contributed by atoms with van der Waals surface area (Å²) in [5, 5.41) is 8.74. The average Bonchev–Trinajstić information content (AvgIpc) is 2.30. The SMILES string of the molecule is COC(=O)Cc1nc(C#N)c(I)cc1C(F)F. The fraction of sp³-hybridized carbons (Fsp3) is 0.300. The van der Waals surface area contributed by atoms with E-state index in [4.69, 9.17) is 5.26 Å². The standard InChI is InChI=1S/C10H7F2IN2O2/c1-17-9(16)3-7-5(10(11)12)2-6(13)8(4-14)15-7/h2,10H,3H2,1H3. The van der Waals surface area contributed by atoms with Crippen LogP contribution in [0.15, 0.2) is 6.07 Å². The minimum atomic E-state index is -2.75. The molecule has 0 radical (unpaired) electrons. The fourth-order valence-corrected chi connectivity index (χ4v) is 1.74. The smallest absolute Gasteiger partial charge is 0.311 e. The maximum absolute atomic E-state index is 12.7. The highest BCUT2D eigenvalue weighted by Crippen LogP contribution is 2.25. The van der Waals surface area contributed by atoms with Gasteiger partial charge in [0.15, 0.2) is 5.69 Å². The molecule has 0 aliphatic carbocycles. The van der Waals surface area contributed by atoms with Gasteiger partial charge in [0.2, 0.25) is 0 Å². The van der Waals surface area contributed by atoms with E-state index in [0.717, 1.165) is 13.2 Å². The van der Waals surface area contributed by atoms with Crippen LogP contribution in [0.5, 0.6) is 0 Å². The lowest BCUT2D eigenvalue weighted by atomic mass is 10.1. The van der Waals surface area contributed by atoms with E-state index in [9.17, 15) is 13.6 Å². The zero-order chi connectivity index (χ0) is 13.0. The second-order valence-corrected chi connectivity index (χ2v) is 4.18. The molecule has 0 bridgehead atoms. The summed E-state index contributed by atoms with van der Waals surface area (Å²) < 4.78 is 30.2. The first-order valence-electron chi connectivity index (χ1n) is 4.44. The molecule has 0 saturated heterocycles. The largest absolute Gasteiger partial charge is 0.469 e. The number of carbonyl (C=O) groups is 1. The molecule has 0 fully saturated rings. The van der Waals surface area contributed by atoms with Gasteiger partial charge in [0, 0.05) is 5.56 Å². The number of rotatable bonds is 3. The lowest BCUT2D eigenvalue weighted by Gasteiger charge is -2.08. The summed E-state index contributed by atoms with van der Waals surface area (Å²) in [7, 11) is 1.16. The Morgan fingerprint density at radius 3 is 2.82 bits per heavy atom. The number of nitrogens with zero attached hydrogens (tertiary/aromatic N) is 2. The van der Waals surface area contributed by atoms with Crippen LogP contribution in [0.1, 0.15) is 23.4 Å². The first kappa shape index (κ1) is 13.8. The van der Waals surface area contributed by atoms with Gasteiger partial charge in [0.25, 0.3) is 6.43 Å². The second-order valence-electron chi connectivity index (χ2n) is 3.02. The molecule has 1 aromatic heterocycles. The lowest BCUT2D eigenvalue weighted by Crippen LogP contribution is -2.11. The quantitative estimate of drug-likeness (QED) is 0.618. The first-order chi connectivity index (χ1) is 7.99. The van der Waals surface area contributed by atoms with Crippen LogP contribution in [0.4, 0.5) is 8.78 Å². The Kier molecular flexibility index (Phi) is 4.74. The summed E-state index contributed by atoms with van der Waals surface area (Å²) in [5.74, 6) is -0.676. The van der Waals surface area contributed by atoms with Crippen LogP contribution in [0.2, 0.25) is 0 Å². The van der Waals surface area contributed by atoms with Gasteiger partial charge in [-0.25, -0.2) is 13.8 Å². The van der Waals surface area contributed by atoms with Crippen molar-refractivity contribution >= 4 is 28.6 Å². The molecule has 0 atom stereocenters. The Labute approximate surface area is 110 Å². The monoisotopic (exact) mass is 352 g/mol. The number of hydrogen-bond acceptors (Lipinski definition) is 4. The van der Waals surface area contributed by atoms with Gasteiger partial charge in [0.1, 0.15) is 6.07 Å². The molecule has 0 unspecified atom stereocenters. The van der Waals surface area contributed by atoms with E-state index in [1.54, 1.807) is 28.7 Å². The summed E-state index contributed by atoms with van der Waals surface area (Å²) in [4.78, 5) is 14.8. The number of hydrogen-bond donors (Lipinski definition) is 0. The number of pyridine rings is 1. The van der Waals surface area contributed by atoms with Crippen molar-refractivity contribution in [2.24, 2.45) is 0 Å². The van der Waals surface area contributed by atoms with E-state index < -0.39 is 12.4 Å². The summed E-state index contributed by atoms with van der Waals surface area (Å²) in [5.41, 5.74) is -0.448. The van der Waals surface area contributed by atoms with Crippen molar-refractivity contribution in [3.8, 4) is 6.07 Å². The molecule has 0 aromatic carbocycles. The highest BCUT2D eigenvalue weighted by molar-refractivity contribution is 14.1. The highest BCUT2D eigenvalue weighted by Gasteiger charge is 2.19. The van der Waals surface area contributed by atoms with Gasteiger partial charge in [0.05, 0.1) is 22.8 Å². The molecule has 0 spiro atoms. The Morgan fingerprint density at radius 2 is 2.35 bits per heavy atom. The van der Waals surface area contributed by atoms with Gasteiger partial charge >= 0.3 is 5.97 Å². The zero-order valence-corrected chi connectivity index (χ0v) is 10.9. The molecule has 1 aromatic rings. The van der Waals surface area contributed by atoms with Crippen molar-refractivity contribution in [1.29, 1.82) is 5.26 Å². The number of esters is 1. The van der Waals surface area contributed by atoms with Crippen molar-refractivity contribution in [3.63, 3.8) is 0 Å². The number of carbonyl (C=O) groups excluding carboxylic acids is 1. The maximum atomic E-state index is 12.7. The van der Waals surface area contributed by atoms with Crippen LogP contribution >= 0.6 is 22.6 Å². The number of nitriles is 1. The third-order valence-corrected chi connectivity index (χ3v) is 2.79. The molecule has 0 aliphatic rings. The van der Waals surface area contributed by atoms with Crippen molar-refractivity contribution in [2.45, 2.75) is 12.8 Å². The van der Waals surface area contributed by atoms with E-state index in [1.807, 2.05) is 0 Å². The summed E-state index contributed by atoms with van der Waals surface area (Å²) in [6, 6.07) is 2.94. The van der Waals surface area contributed by atoms with Gasteiger partial charge in [-0.3, -0.25) is 4.79 Å². The lowest BCUT2D eigenvalue weighted by molar-refractivity contribution is -0.139. The topological polar surface area (TPSA) is 63.0 Å². The van der Waals surface area contributed by atoms with Crippen LogP contribution in [0.25, 0.3) is 0 Å². The van der Waals surface area contributed by atoms with Gasteiger partial charge in [-0.2, -0.15) is 5.26 Å². The van der Waals surface area contributed by atoms with Crippen LogP contribution in [-0.4, -0.2) is 18.1 Å². The molecule has 0 N–H and O–H groups in total. The van der Waals surface area contributed by atoms with Gasteiger partial charge in [-0.05, 0) is 28.7 Å². The van der Waals surface area contributed by atoms with Gasteiger partial charge in [-0.15, -0.1) is 0 Å². The van der Waals surface area contributed by atoms with E-state index in [1.165, 1.54) is 0 Å². The van der Waals surface area contributed by atoms with E-state index in [-0.39, 0.29) is 23.4 Å². The molecule has 0 aliphatic heterocycles. The molecule has 4 nitrogen and oxygen atoms in total. The molecule has 1 rings (SSSR count). The summed E-state index contributed by atoms with van der Waals surface area (Å²) in [6.07, 6.45) is -3.12. The average molecular weight is 352 g/mol. The molecule has 90 valence electrons. The molecule has 7 heteroatoms. The van der Waals surface area contributed by atoms with Crippen LogP contribution in [-0.2, 0) is 16.0 Å².